The number of nitrogens with zero attached hydrogens (tertiary/aromatic N) is 3. The Morgan fingerprint density at radius 3 is 2.71 bits per heavy atom. The molecule has 3 rings (SSSR count). The Hall–Kier alpha value is -1.77. The van der Waals surface area contributed by atoms with Crippen LogP contribution in [0.2, 0.25) is 0 Å². The molecule has 1 amide bonds. The van der Waals surface area contributed by atoms with Gasteiger partial charge in [-0.15, -0.1) is 0 Å². The van der Waals surface area contributed by atoms with E-state index in [0.717, 1.165) is 4.68 Å². The topological polar surface area (TPSA) is 105 Å². The van der Waals surface area contributed by atoms with Crippen LogP contribution in [0, 0.1) is 5.41 Å². The number of aryl methyl sites for hydroxylation is 1. The molecule has 8 heteroatoms. The predicted molar refractivity (Wildman–Crippen MR) is 84.5 cm³/mol. The Labute approximate surface area is 139 Å². The first-order valence-electron chi connectivity index (χ1n) is 8.22. The highest BCUT2D eigenvalue weighted by atomic mass is 16.5. The molecule has 8 nitrogen and oxygen atoms in total. The molecule has 1 saturated carbocycles. The summed E-state index contributed by atoms with van der Waals surface area (Å²) in [5.41, 5.74) is -0.330. The van der Waals surface area contributed by atoms with E-state index in [2.05, 4.69) is 5.10 Å². The molecule has 2 atom stereocenters. The number of piperidine rings is 1. The Kier molecular flexibility index (Phi) is 4.71. The van der Waals surface area contributed by atoms with Gasteiger partial charge in [0, 0.05) is 38.0 Å². The monoisotopic (exact) mass is 337 g/mol. The molecule has 1 saturated heterocycles. The number of hydrogen-bond donors (Lipinski definition) is 2. The predicted octanol–water partition coefficient (Wildman–Crippen LogP) is -0.855. The average Bonchev–Trinajstić information content (AvgIpc) is 2.60. The van der Waals surface area contributed by atoms with Gasteiger partial charge in [0.1, 0.15) is 5.69 Å². The highest BCUT2D eigenvalue weighted by molar-refractivity contribution is 5.92. The van der Waals surface area contributed by atoms with Crippen LogP contribution in [0.3, 0.4) is 0 Å². The maximum absolute atomic E-state index is 12.5. The normalized spacial score (nSPS) is 25.5. The number of aliphatic hydroxyl groups is 2. The van der Waals surface area contributed by atoms with Gasteiger partial charge in [0.2, 0.25) is 0 Å². The number of likely N-dealkylation sites (tertiary alicyclic amines) is 1. The molecule has 0 unspecified atom stereocenters. The molecule has 0 bridgehead atoms. The van der Waals surface area contributed by atoms with Crippen molar-refractivity contribution >= 4 is 5.91 Å². The Bertz CT molecular complexity index is 666. The molecule has 1 aliphatic heterocycles. The molecule has 2 N–H and O–H groups in total. The molecule has 1 spiro atoms. The lowest BCUT2D eigenvalue weighted by Crippen LogP contribution is -2.62. The van der Waals surface area contributed by atoms with Crippen molar-refractivity contribution < 1.29 is 19.7 Å². The Balaban J connectivity index is 1.65. The SMILES string of the molecule is Cn1nc(C(=O)N2CCC3(CC2)[C@H](O)C[C@@H]3OCCO)ccc1=O. The molecule has 132 valence electrons. The number of carbonyl (C=O) groups excluding carboxylic acids is 1. The summed E-state index contributed by atoms with van der Waals surface area (Å²) in [4.78, 5) is 25.6. The van der Waals surface area contributed by atoms with Gasteiger partial charge in [0.05, 0.1) is 25.4 Å². The molecular formula is C16H23N3O5. The third-order valence-electron chi connectivity index (χ3n) is 5.31. The summed E-state index contributed by atoms with van der Waals surface area (Å²) in [6.07, 6.45) is 1.40. The molecule has 24 heavy (non-hydrogen) atoms. The van der Waals surface area contributed by atoms with E-state index in [-0.39, 0.29) is 41.9 Å². The van der Waals surface area contributed by atoms with Crippen molar-refractivity contribution in [3.8, 4) is 0 Å². The second kappa shape index (κ2) is 6.62. The zero-order valence-electron chi connectivity index (χ0n) is 13.7. The average molecular weight is 337 g/mol. The van der Waals surface area contributed by atoms with Crippen molar-refractivity contribution in [2.75, 3.05) is 26.3 Å². The van der Waals surface area contributed by atoms with Gasteiger partial charge in [-0.25, -0.2) is 4.68 Å². The van der Waals surface area contributed by atoms with Gasteiger partial charge >= 0.3 is 0 Å². The fourth-order valence-electron chi connectivity index (χ4n) is 3.71. The molecular weight excluding hydrogens is 314 g/mol. The van der Waals surface area contributed by atoms with Crippen LogP contribution in [0.15, 0.2) is 16.9 Å². The van der Waals surface area contributed by atoms with Crippen LogP contribution in [0.4, 0.5) is 0 Å². The fraction of sp³-hybridized carbons (Fsp3) is 0.688. The number of aromatic nitrogens is 2. The zero-order chi connectivity index (χ0) is 17.3. The maximum atomic E-state index is 12.5. The van der Waals surface area contributed by atoms with E-state index in [4.69, 9.17) is 9.84 Å². The lowest BCUT2D eigenvalue weighted by Gasteiger charge is -2.56. The van der Waals surface area contributed by atoms with E-state index in [0.29, 0.717) is 32.4 Å². The number of ether oxygens (including phenoxy) is 1. The lowest BCUT2D eigenvalue weighted by molar-refractivity contribution is -0.211. The standard InChI is InChI=1S/C16H23N3O5/c1-18-14(22)3-2-11(17-18)15(23)19-6-4-16(5-7-19)12(21)10-13(16)24-9-8-20/h2-3,12-13,20-21H,4-10H2,1H3/t12-,13+/m1/s1. The van der Waals surface area contributed by atoms with Crippen molar-refractivity contribution in [3.63, 3.8) is 0 Å². The van der Waals surface area contributed by atoms with Crippen LogP contribution in [0.1, 0.15) is 29.8 Å². The van der Waals surface area contributed by atoms with Crippen LogP contribution in [0.25, 0.3) is 0 Å². The minimum absolute atomic E-state index is 0.0360. The number of rotatable bonds is 4. The maximum Gasteiger partial charge on any atom is 0.274 e. The second-order valence-corrected chi connectivity index (χ2v) is 6.54. The Morgan fingerprint density at radius 1 is 1.42 bits per heavy atom. The molecule has 0 radical (unpaired) electrons. The van der Waals surface area contributed by atoms with Crippen molar-refractivity contribution in [2.24, 2.45) is 12.5 Å². The molecule has 0 aromatic carbocycles. The van der Waals surface area contributed by atoms with Crippen LogP contribution in [-0.2, 0) is 11.8 Å². The summed E-state index contributed by atoms with van der Waals surface area (Å²) in [5, 5.41) is 23.1. The summed E-state index contributed by atoms with van der Waals surface area (Å²) < 4.78 is 6.78. The van der Waals surface area contributed by atoms with Crippen molar-refractivity contribution in [3.05, 3.63) is 28.2 Å². The van der Waals surface area contributed by atoms with E-state index < -0.39 is 6.10 Å². The minimum atomic E-state index is -0.422. The summed E-state index contributed by atoms with van der Waals surface area (Å²) in [7, 11) is 1.51. The van der Waals surface area contributed by atoms with Gasteiger partial charge in [-0.05, 0) is 18.9 Å². The zero-order valence-corrected chi connectivity index (χ0v) is 13.7. The number of hydrogen-bond acceptors (Lipinski definition) is 6. The van der Waals surface area contributed by atoms with Gasteiger partial charge in [0.15, 0.2) is 0 Å². The quantitative estimate of drug-likeness (QED) is 0.741. The van der Waals surface area contributed by atoms with Crippen molar-refractivity contribution in [1.29, 1.82) is 0 Å². The smallest absolute Gasteiger partial charge is 0.274 e. The van der Waals surface area contributed by atoms with E-state index in [1.54, 1.807) is 4.90 Å². The van der Waals surface area contributed by atoms with Crippen LogP contribution < -0.4 is 5.56 Å². The number of aliphatic hydroxyl groups excluding tert-OH is 2. The van der Waals surface area contributed by atoms with E-state index >= 15 is 0 Å². The van der Waals surface area contributed by atoms with Gasteiger partial charge in [-0.2, -0.15) is 5.10 Å². The molecule has 2 aliphatic rings. The highest BCUT2D eigenvalue weighted by Gasteiger charge is 2.56. The van der Waals surface area contributed by atoms with E-state index in [9.17, 15) is 14.7 Å². The van der Waals surface area contributed by atoms with Crippen LogP contribution in [-0.4, -0.2) is 69.3 Å². The third-order valence-corrected chi connectivity index (χ3v) is 5.31. The first-order valence-corrected chi connectivity index (χ1v) is 8.22. The molecule has 2 fully saturated rings. The van der Waals surface area contributed by atoms with Gasteiger partial charge < -0.3 is 19.8 Å². The largest absolute Gasteiger partial charge is 0.394 e. The first-order chi connectivity index (χ1) is 11.5. The van der Waals surface area contributed by atoms with Crippen molar-refractivity contribution in [2.45, 2.75) is 31.5 Å². The van der Waals surface area contributed by atoms with E-state index in [1.165, 1.54) is 19.2 Å². The van der Waals surface area contributed by atoms with Crippen LogP contribution in [0.5, 0.6) is 0 Å². The summed E-state index contributed by atoms with van der Waals surface area (Å²) in [5.74, 6) is -0.206. The Morgan fingerprint density at radius 2 is 2.12 bits per heavy atom. The molecule has 1 aromatic rings. The van der Waals surface area contributed by atoms with Gasteiger partial charge in [0.25, 0.3) is 11.5 Å². The van der Waals surface area contributed by atoms with Gasteiger partial charge in [-0.1, -0.05) is 0 Å². The molecule has 2 heterocycles. The molecule has 1 aliphatic carbocycles. The molecule has 1 aromatic heterocycles. The summed E-state index contributed by atoms with van der Waals surface area (Å²) in [6, 6.07) is 2.78. The third kappa shape index (κ3) is 2.85. The van der Waals surface area contributed by atoms with Crippen molar-refractivity contribution in [1.82, 2.24) is 14.7 Å². The summed E-state index contributed by atoms with van der Waals surface area (Å²) >= 11 is 0. The van der Waals surface area contributed by atoms with Gasteiger partial charge in [-0.3, -0.25) is 9.59 Å². The summed E-state index contributed by atoms with van der Waals surface area (Å²) in [6.45, 7) is 1.26. The number of amides is 1. The highest BCUT2D eigenvalue weighted by Crippen LogP contribution is 2.51. The minimum Gasteiger partial charge on any atom is -0.394 e. The fourth-order valence-corrected chi connectivity index (χ4v) is 3.71. The van der Waals surface area contributed by atoms with E-state index in [1.807, 2.05) is 0 Å². The second-order valence-electron chi connectivity index (χ2n) is 6.54. The first kappa shape index (κ1) is 17.1. The lowest BCUT2D eigenvalue weighted by atomic mass is 9.58. The number of carbonyl (C=O) groups is 1. The van der Waals surface area contributed by atoms with Crippen LogP contribution >= 0.6 is 0 Å².